The summed E-state index contributed by atoms with van der Waals surface area (Å²) in [5, 5.41) is 2.26. The van der Waals surface area contributed by atoms with Gasteiger partial charge in [-0.2, -0.15) is 0 Å². The van der Waals surface area contributed by atoms with Gasteiger partial charge in [-0.3, -0.25) is 4.79 Å². The number of aromatic nitrogens is 2. The molecule has 0 saturated carbocycles. The van der Waals surface area contributed by atoms with E-state index in [1.54, 1.807) is 41.1 Å². The van der Waals surface area contributed by atoms with Crippen LogP contribution < -0.4 is 5.32 Å². The first kappa shape index (κ1) is 16.1. The lowest BCUT2D eigenvalue weighted by atomic mass is 10.3. The molecule has 6 nitrogen and oxygen atoms in total. The Balaban J connectivity index is 1.69. The van der Waals surface area contributed by atoms with Crippen molar-refractivity contribution in [2.75, 3.05) is 11.1 Å². The van der Waals surface area contributed by atoms with Gasteiger partial charge in [-0.15, -0.1) is 0 Å². The molecule has 3 aromatic rings. The first-order chi connectivity index (χ1) is 11.4. The molecule has 8 heteroatoms. The third kappa shape index (κ3) is 3.77. The van der Waals surface area contributed by atoms with E-state index in [2.05, 4.69) is 10.3 Å². The van der Waals surface area contributed by atoms with Gasteiger partial charge >= 0.3 is 0 Å². The molecule has 0 radical (unpaired) electrons. The average molecular weight is 347 g/mol. The molecule has 1 aromatic carbocycles. The van der Waals surface area contributed by atoms with Crippen LogP contribution in [0.2, 0.25) is 0 Å². The summed E-state index contributed by atoms with van der Waals surface area (Å²) >= 11 is 0. The van der Waals surface area contributed by atoms with Crippen molar-refractivity contribution in [3.63, 3.8) is 0 Å². The molecule has 0 spiro atoms. The highest BCUT2D eigenvalue weighted by Gasteiger charge is 2.20. The van der Waals surface area contributed by atoms with E-state index in [0.29, 0.717) is 11.3 Å². The third-order valence-electron chi connectivity index (χ3n) is 3.28. The van der Waals surface area contributed by atoms with Gasteiger partial charge in [-0.1, -0.05) is 18.2 Å². The normalized spacial score (nSPS) is 11.5. The lowest BCUT2D eigenvalue weighted by Gasteiger charge is -2.06. The number of hydrogen-bond acceptors (Lipinski definition) is 4. The largest absolute Gasteiger partial charge is 0.323 e. The maximum absolute atomic E-state index is 13.5. The fraction of sp³-hybridized carbons (Fsp3) is 0.125. The summed E-state index contributed by atoms with van der Waals surface area (Å²) in [6.45, 7) is 0. The predicted molar refractivity (Wildman–Crippen MR) is 87.7 cm³/mol. The smallest absolute Gasteiger partial charge is 0.239 e. The van der Waals surface area contributed by atoms with Crippen LogP contribution in [0, 0.1) is 5.82 Å². The monoisotopic (exact) mass is 347 g/mol. The number of nitrogens with zero attached hydrogens (tertiary/aromatic N) is 2. The van der Waals surface area contributed by atoms with Gasteiger partial charge in [-0.05, 0) is 24.3 Å². The first-order valence-electron chi connectivity index (χ1n) is 7.10. The SMILES string of the molecule is O=C(CS(=O)(=O)Cc1cn2ccccc2n1)Nc1ccccc1F. The van der Waals surface area contributed by atoms with E-state index in [1.165, 1.54) is 18.2 Å². The van der Waals surface area contributed by atoms with Crippen LogP contribution in [0.3, 0.4) is 0 Å². The van der Waals surface area contributed by atoms with Crippen molar-refractivity contribution in [1.82, 2.24) is 9.38 Å². The lowest BCUT2D eigenvalue weighted by Crippen LogP contribution is -2.24. The van der Waals surface area contributed by atoms with E-state index >= 15 is 0 Å². The van der Waals surface area contributed by atoms with E-state index in [4.69, 9.17) is 0 Å². The van der Waals surface area contributed by atoms with Crippen molar-refractivity contribution in [1.29, 1.82) is 0 Å². The number of hydrogen-bond donors (Lipinski definition) is 1. The maximum Gasteiger partial charge on any atom is 0.239 e. The molecular weight excluding hydrogens is 333 g/mol. The van der Waals surface area contributed by atoms with Gasteiger partial charge in [0, 0.05) is 12.4 Å². The zero-order valence-corrected chi connectivity index (χ0v) is 13.3. The molecule has 2 heterocycles. The molecule has 0 aliphatic rings. The van der Waals surface area contributed by atoms with Gasteiger partial charge in [0.05, 0.1) is 17.1 Å². The third-order valence-corrected chi connectivity index (χ3v) is 4.72. The highest BCUT2D eigenvalue weighted by atomic mass is 32.2. The molecule has 0 fully saturated rings. The van der Waals surface area contributed by atoms with E-state index in [1.807, 2.05) is 0 Å². The number of imidazole rings is 1. The Morgan fingerprint density at radius 2 is 1.92 bits per heavy atom. The molecule has 1 amide bonds. The Hall–Kier alpha value is -2.74. The summed E-state index contributed by atoms with van der Waals surface area (Å²) in [4.78, 5) is 16.1. The number of rotatable bonds is 5. The number of anilines is 1. The van der Waals surface area contributed by atoms with E-state index in [0.717, 1.165) is 0 Å². The van der Waals surface area contributed by atoms with Crippen molar-refractivity contribution in [3.05, 3.63) is 66.4 Å². The quantitative estimate of drug-likeness (QED) is 0.766. The molecule has 0 unspecified atom stereocenters. The van der Waals surface area contributed by atoms with Crippen LogP contribution in [0.4, 0.5) is 10.1 Å². The van der Waals surface area contributed by atoms with Crippen LogP contribution in [0.1, 0.15) is 5.69 Å². The fourth-order valence-electron chi connectivity index (χ4n) is 2.28. The van der Waals surface area contributed by atoms with Crippen LogP contribution in [-0.4, -0.2) is 29.5 Å². The number of carbonyl (C=O) groups excluding carboxylic acids is 1. The van der Waals surface area contributed by atoms with E-state index in [-0.39, 0.29) is 11.4 Å². The van der Waals surface area contributed by atoms with E-state index < -0.39 is 27.3 Å². The molecule has 0 saturated heterocycles. The van der Waals surface area contributed by atoms with Gasteiger partial charge in [0.25, 0.3) is 0 Å². The van der Waals surface area contributed by atoms with Crippen molar-refractivity contribution in [3.8, 4) is 0 Å². The second kappa shape index (κ2) is 6.40. The molecule has 1 N–H and O–H groups in total. The van der Waals surface area contributed by atoms with Crippen molar-refractivity contribution in [2.45, 2.75) is 5.75 Å². The van der Waals surface area contributed by atoms with E-state index in [9.17, 15) is 17.6 Å². The minimum atomic E-state index is -3.72. The molecule has 0 bridgehead atoms. The Kier molecular flexibility index (Phi) is 4.30. The summed E-state index contributed by atoms with van der Waals surface area (Å²) in [6, 6.07) is 10.9. The fourth-order valence-corrected chi connectivity index (χ4v) is 3.45. The zero-order chi connectivity index (χ0) is 17.2. The number of benzene rings is 1. The van der Waals surface area contributed by atoms with Crippen molar-refractivity contribution < 1.29 is 17.6 Å². The molecule has 2 aromatic heterocycles. The summed E-state index contributed by atoms with van der Waals surface area (Å²) < 4.78 is 39.5. The summed E-state index contributed by atoms with van der Waals surface area (Å²) in [6.07, 6.45) is 3.35. The predicted octanol–water partition coefficient (Wildman–Crippen LogP) is 2.03. The first-order valence-corrected chi connectivity index (χ1v) is 8.92. The number of sulfone groups is 1. The molecule has 3 rings (SSSR count). The molecule has 124 valence electrons. The number of carbonyl (C=O) groups is 1. The molecule has 24 heavy (non-hydrogen) atoms. The Morgan fingerprint density at radius 1 is 1.17 bits per heavy atom. The number of amides is 1. The van der Waals surface area contributed by atoms with Crippen LogP contribution in [0.5, 0.6) is 0 Å². The number of pyridine rings is 1. The maximum atomic E-state index is 13.5. The molecule has 0 aliphatic heterocycles. The second-order valence-corrected chi connectivity index (χ2v) is 7.32. The number of nitrogens with one attached hydrogen (secondary N) is 1. The lowest BCUT2D eigenvalue weighted by molar-refractivity contribution is -0.113. The van der Waals surface area contributed by atoms with Crippen LogP contribution in [-0.2, 0) is 20.4 Å². The molecular formula is C16H14FN3O3S. The standard InChI is InChI=1S/C16H14FN3O3S/c17-13-5-1-2-6-14(13)19-16(21)11-24(22,23)10-12-9-20-8-4-3-7-15(20)18-12/h1-9H,10-11H2,(H,19,21). The second-order valence-electron chi connectivity index (χ2n) is 5.26. The number of para-hydroxylation sites is 1. The zero-order valence-electron chi connectivity index (χ0n) is 12.5. The Labute approximate surface area is 137 Å². The van der Waals surface area contributed by atoms with Crippen molar-refractivity contribution >= 4 is 27.1 Å². The Bertz CT molecular complexity index is 965. The summed E-state index contributed by atoms with van der Waals surface area (Å²) in [5.74, 6) is -2.51. The van der Waals surface area contributed by atoms with Gasteiger partial charge in [0.1, 0.15) is 17.2 Å². The number of halogens is 1. The average Bonchev–Trinajstić information content (AvgIpc) is 2.90. The van der Waals surface area contributed by atoms with Gasteiger partial charge in [0.15, 0.2) is 9.84 Å². The highest BCUT2D eigenvalue weighted by molar-refractivity contribution is 7.91. The minimum Gasteiger partial charge on any atom is -0.323 e. The van der Waals surface area contributed by atoms with Crippen LogP contribution in [0.25, 0.3) is 5.65 Å². The minimum absolute atomic E-state index is 0.0505. The van der Waals surface area contributed by atoms with Gasteiger partial charge in [-0.25, -0.2) is 17.8 Å². The molecule has 0 atom stereocenters. The summed E-state index contributed by atoms with van der Waals surface area (Å²) in [5.41, 5.74) is 0.920. The topological polar surface area (TPSA) is 80.5 Å². The van der Waals surface area contributed by atoms with Gasteiger partial charge < -0.3 is 9.72 Å². The molecule has 0 aliphatic carbocycles. The Morgan fingerprint density at radius 3 is 2.67 bits per heavy atom. The van der Waals surface area contributed by atoms with Crippen LogP contribution >= 0.6 is 0 Å². The van der Waals surface area contributed by atoms with Crippen LogP contribution in [0.15, 0.2) is 54.9 Å². The number of fused-ring (bicyclic) bond motifs is 1. The highest BCUT2D eigenvalue weighted by Crippen LogP contribution is 2.13. The van der Waals surface area contributed by atoms with Crippen molar-refractivity contribution in [2.24, 2.45) is 0 Å². The summed E-state index contributed by atoms with van der Waals surface area (Å²) in [7, 11) is -3.72. The van der Waals surface area contributed by atoms with Gasteiger partial charge in [0.2, 0.25) is 5.91 Å².